The van der Waals surface area contributed by atoms with Crippen molar-refractivity contribution in [3.8, 4) is 0 Å². The van der Waals surface area contributed by atoms with E-state index in [0.29, 0.717) is 26.1 Å². The molecule has 2 aromatic rings. The number of sulfonamides is 1. The molecule has 134 valence electrons. The fourth-order valence-corrected chi connectivity index (χ4v) is 4.34. The number of nitrogens with one attached hydrogen (secondary N) is 1. The fraction of sp³-hybridized carbons (Fsp3) is 0.389. The van der Waals surface area contributed by atoms with Gasteiger partial charge in [-0.1, -0.05) is 42.5 Å². The van der Waals surface area contributed by atoms with E-state index in [-0.39, 0.29) is 17.7 Å². The quantitative estimate of drug-likeness (QED) is 0.849. The standard InChI is InChI=1S/C18H23N3O3S/c19-25(23,24)13-14-9-11-21(12-14)18(22)20-10-8-16-6-3-5-15-4-1-2-7-17(15)16/h1-7,14H,8-13H2,(H,20,22)(H2,19,23,24). The second-order valence-electron chi connectivity index (χ2n) is 6.55. The lowest BCUT2D eigenvalue weighted by atomic mass is 10.0. The number of benzene rings is 2. The molecule has 6 nitrogen and oxygen atoms in total. The number of nitrogens with two attached hydrogens (primary N) is 1. The molecule has 3 rings (SSSR count). The number of carbonyl (C=O) groups is 1. The van der Waals surface area contributed by atoms with Crippen LogP contribution in [0, 0.1) is 5.92 Å². The molecule has 0 radical (unpaired) electrons. The Morgan fingerprint density at radius 3 is 2.76 bits per heavy atom. The third-order valence-electron chi connectivity index (χ3n) is 4.59. The Morgan fingerprint density at radius 1 is 1.20 bits per heavy atom. The topological polar surface area (TPSA) is 92.5 Å². The van der Waals surface area contributed by atoms with Crippen LogP contribution in [0.25, 0.3) is 10.8 Å². The maximum atomic E-state index is 12.2. The Morgan fingerprint density at radius 2 is 1.96 bits per heavy atom. The van der Waals surface area contributed by atoms with Gasteiger partial charge < -0.3 is 10.2 Å². The SMILES string of the molecule is NS(=O)(=O)CC1CCN(C(=O)NCCc2cccc3ccccc23)C1. The summed E-state index contributed by atoms with van der Waals surface area (Å²) < 4.78 is 22.3. The zero-order chi connectivity index (χ0) is 17.9. The summed E-state index contributed by atoms with van der Waals surface area (Å²) in [6.07, 6.45) is 1.43. The largest absolute Gasteiger partial charge is 0.338 e. The molecule has 1 saturated heterocycles. The number of likely N-dealkylation sites (tertiary alicyclic amines) is 1. The van der Waals surface area contributed by atoms with Gasteiger partial charge in [0.1, 0.15) is 0 Å². The van der Waals surface area contributed by atoms with Crippen molar-refractivity contribution in [2.75, 3.05) is 25.4 Å². The Hall–Kier alpha value is -2.12. The van der Waals surface area contributed by atoms with Crippen molar-refractivity contribution in [2.45, 2.75) is 12.8 Å². The van der Waals surface area contributed by atoms with Crippen LogP contribution in [0.15, 0.2) is 42.5 Å². The highest BCUT2D eigenvalue weighted by molar-refractivity contribution is 7.89. The number of hydrogen-bond donors (Lipinski definition) is 2. The van der Waals surface area contributed by atoms with Crippen molar-refractivity contribution in [2.24, 2.45) is 11.1 Å². The van der Waals surface area contributed by atoms with E-state index in [1.54, 1.807) is 4.90 Å². The Bertz CT molecular complexity index is 862. The van der Waals surface area contributed by atoms with E-state index in [2.05, 4.69) is 29.6 Å². The monoisotopic (exact) mass is 361 g/mol. The molecule has 0 bridgehead atoms. The molecule has 1 aliphatic rings. The minimum Gasteiger partial charge on any atom is -0.338 e. The zero-order valence-electron chi connectivity index (χ0n) is 14.0. The summed E-state index contributed by atoms with van der Waals surface area (Å²) >= 11 is 0. The van der Waals surface area contributed by atoms with Crippen molar-refractivity contribution in [1.29, 1.82) is 0 Å². The van der Waals surface area contributed by atoms with Gasteiger partial charge in [0.2, 0.25) is 10.0 Å². The molecule has 1 heterocycles. The Balaban J connectivity index is 1.51. The van der Waals surface area contributed by atoms with Crippen molar-refractivity contribution >= 4 is 26.8 Å². The number of amides is 2. The van der Waals surface area contributed by atoms with E-state index < -0.39 is 10.0 Å². The number of rotatable bonds is 5. The number of urea groups is 1. The van der Waals surface area contributed by atoms with Crippen LogP contribution in [0.3, 0.4) is 0 Å². The van der Waals surface area contributed by atoms with Crippen molar-refractivity contribution in [3.05, 3.63) is 48.0 Å². The minimum atomic E-state index is -3.49. The molecule has 1 fully saturated rings. The first-order valence-electron chi connectivity index (χ1n) is 8.42. The molecule has 0 saturated carbocycles. The van der Waals surface area contributed by atoms with E-state index >= 15 is 0 Å². The number of nitrogens with zero attached hydrogens (tertiary/aromatic N) is 1. The average Bonchev–Trinajstić information content (AvgIpc) is 3.01. The lowest BCUT2D eigenvalue weighted by Crippen LogP contribution is -2.39. The highest BCUT2D eigenvalue weighted by Crippen LogP contribution is 2.19. The maximum Gasteiger partial charge on any atom is 0.317 e. The van der Waals surface area contributed by atoms with Gasteiger partial charge >= 0.3 is 6.03 Å². The van der Waals surface area contributed by atoms with E-state index in [1.165, 1.54) is 16.3 Å². The lowest BCUT2D eigenvalue weighted by molar-refractivity contribution is 0.207. The zero-order valence-corrected chi connectivity index (χ0v) is 14.8. The van der Waals surface area contributed by atoms with Gasteiger partial charge in [0.25, 0.3) is 0 Å². The summed E-state index contributed by atoms with van der Waals surface area (Å²) in [4.78, 5) is 13.9. The highest BCUT2D eigenvalue weighted by Gasteiger charge is 2.28. The predicted molar refractivity (Wildman–Crippen MR) is 98.7 cm³/mol. The first-order valence-corrected chi connectivity index (χ1v) is 10.1. The van der Waals surface area contributed by atoms with E-state index in [4.69, 9.17) is 5.14 Å². The van der Waals surface area contributed by atoms with Crippen LogP contribution in [0.5, 0.6) is 0 Å². The Kier molecular flexibility index (Phi) is 5.24. The minimum absolute atomic E-state index is 0.0627. The molecule has 2 amide bonds. The molecule has 2 aromatic carbocycles. The summed E-state index contributed by atoms with van der Waals surface area (Å²) in [7, 11) is -3.49. The fourth-order valence-electron chi connectivity index (χ4n) is 3.41. The molecule has 1 unspecified atom stereocenters. The Labute approximate surface area is 148 Å². The van der Waals surface area contributed by atoms with Gasteiger partial charge in [0.15, 0.2) is 0 Å². The van der Waals surface area contributed by atoms with Gasteiger partial charge in [0, 0.05) is 19.6 Å². The maximum absolute atomic E-state index is 12.2. The van der Waals surface area contributed by atoms with Crippen LogP contribution in [0.4, 0.5) is 4.79 Å². The second-order valence-corrected chi connectivity index (χ2v) is 8.21. The van der Waals surface area contributed by atoms with Gasteiger partial charge in [-0.3, -0.25) is 0 Å². The van der Waals surface area contributed by atoms with Gasteiger partial charge in [-0.15, -0.1) is 0 Å². The van der Waals surface area contributed by atoms with Crippen LogP contribution in [-0.4, -0.2) is 44.7 Å². The molecular formula is C18H23N3O3S. The number of fused-ring (bicyclic) bond motifs is 1. The van der Waals surface area contributed by atoms with Crippen LogP contribution in [-0.2, 0) is 16.4 Å². The predicted octanol–water partition coefficient (Wildman–Crippen LogP) is 1.70. The van der Waals surface area contributed by atoms with Gasteiger partial charge in [0.05, 0.1) is 5.75 Å². The summed E-state index contributed by atoms with van der Waals surface area (Å²) in [5.74, 6) is -0.133. The van der Waals surface area contributed by atoms with Crippen molar-refractivity contribution in [1.82, 2.24) is 10.2 Å². The first-order chi connectivity index (χ1) is 11.9. The first kappa shape index (κ1) is 17.7. The molecule has 0 spiro atoms. The van der Waals surface area contributed by atoms with Crippen LogP contribution in [0.1, 0.15) is 12.0 Å². The number of carbonyl (C=O) groups excluding carboxylic acids is 1. The summed E-state index contributed by atoms with van der Waals surface area (Å²) in [5, 5.41) is 10.4. The molecule has 7 heteroatoms. The molecule has 0 aliphatic carbocycles. The molecule has 1 aliphatic heterocycles. The third-order valence-corrected chi connectivity index (χ3v) is 5.53. The normalized spacial score (nSPS) is 17.8. The number of primary sulfonamides is 1. The highest BCUT2D eigenvalue weighted by atomic mass is 32.2. The smallest absolute Gasteiger partial charge is 0.317 e. The molecule has 25 heavy (non-hydrogen) atoms. The van der Waals surface area contributed by atoms with Gasteiger partial charge in [-0.05, 0) is 35.1 Å². The van der Waals surface area contributed by atoms with Crippen LogP contribution >= 0.6 is 0 Å². The van der Waals surface area contributed by atoms with E-state index in [1.807, 2.05) is 18.2 Å². The number of hydrogen-bond acceptors (Lipinski definition) is 3. The van der Waals surface area contributed by atoms with Crippen LogP contribution < -0.4 is 10.5 Å². The van der Waals surface area contributed by atoms with Crippen molar-refractivity contribution < 1.29 is 13.2 Å². The third kappa shape index (κ3) is 4.70. The van der Waals surface area contributed by atoms with E-state index in [9.17, 15) is 13.2 Å². The summed E-state index contributed by atoms with van der Waals surface area (Å²) in [6.45, 7) is 1.56. The van der Waals surface area contributed by atoms with Gasteiger partial charge in [-0.25, -0.2) is 18.4 Å². The second kappa shape index (κ2) is 7.41. The summed E-state index contributed by atoms with van der Waals surface area (Å²) in [6, 6.07) is 14.2. The van der Waals surface area contributed by atoms with E-state index in [0.717, 1.165) is 6.42 Å². The molecule has 3 N–H and O–H groups in total. The molecule has 0 aromatic heterocycles. The average molecular weight is 361 g/mol. The van der Waals surface area contributed by atoms with Gasteiger partial charge in [-0.2, -0.15) is 0 Å². The molecule has 1 atom stereocenters. The van der Waals surface area contributed by atoms with Crippen molar-refractivity contribution in [3.63, 3.8) is 0 Å². The molecular weight excluding hydrogens is 338 g/mol. The lowest BCUT2D eigenvalue weighted by Gasteiger charge is -2.17. The summed E-state index contributed by atoms with van der Waals surface area (Å²) in [5.41, 5.74) is 1.20. The van der Waals surface area contributed by atoms with Crippen LogP contribution in [0.2, 0.25) is 0 Å².